The van der Waals surface area contributed by atoms with Crippen LogP contribution in [0.3, 0.4) is 0 Å². The van der Waals surface area contributed by atoms with Crippen LogP contribution in [0.15, 0.2) is 54.9 Å². The lowest BCUT2D eigenvalue weighted by atomic mass is 10.2. The van der Waals surface area contributed by atoms with Crippen LogP contribution in [0.25, 0.3) is 0 Å². The first-order chi connectivity index (χ1) is 9.63. The van der Waals surface area contributed by atoms with Crippen molar-refractivity contribution < 1.29 is 14.5 Å². The Hall–Kier alpha value is -2.36. The van der Waals surface area contributed by atoms with Gasteiger partial charge in [-0.2, -0.15) is 4.57 Å². The van der Waals surface area contributed by atoms with Gasteiger partial charge in [0.2, 0.25) is 12.2 Å². The van der Waals surface area contributed by atoms with Gasteiger partial charge in [0.25, 0.3) is 5.91 Å². The summed E-state index contributed by atoms with van der Waals surface area (Å²) in [6, 6.07) is 12.5. The third-order valence-electron chi connectivity index (χ3n) is 3.26. The number of aromatic hydroxyl groups is 1. The van der Waals surface area contributed by atoms with Crippen molar-refractivity contribution >= 4 is 11.6 Å². The molecular weight excluding hydrogens is 252 g/mol. The molecule has 1 heterocycles. The molecule has 0 radical (unpaired) electrons. The molecule has 0 aliphatic heterocycles. The third-order valence-corrected chi connectivity index (χ3v) is 3.26. The SMILES string of the molecule is CCN(C(=O)[C@H](C)[n+]1cccc(O)c1)c1ccccc1. The summed E-state index contributed by atoms with van der Waals surface area (Å²) in [5.41, 5.74) is 0.882. The van der Waals surface area contributed by atoms with Crippen LogP contribution in [0.1, 0.15) is 19.9 Å². The van der Waals surface area contributed by atoms with Crippen LogP contribution in [-0.2, 0) is 4.79 Å². The van der Waals surface area contributed by atoms with Crippen LogP contribution in [0.5, 0.6) is 5.75 Å². The quantitative estimate of drug-likeness (QED) is 0.867. The molecule has 0 unspecified atom stereocenters. The number of para-hydroxylation sites is 1. The Morgan fingerprint density at radius 2 is 1.95 bits per heavy atom. The molecule has 1 amide bonds. The van der Waals surface area contributed by atoms with E-state index in [9.17, 15) is 9.90 Å². The van der Waals surface area contributed by atoms with Gasteiger partial charge in [0.05, 0.1) is 0 Å². The van der Waals surface area contributed by atoms with Crippen molar-refractivity contribution in [3.63, 3.8) is 0 Å². The number of amides is 1. The molecule has 0 aliphatic carbocycles. The highest BCUT2D eigenvalue weighted by molar-refractivity contribution is 5.94. The molecule has 0 spiro atoms. The molecule has 1 aromatic carbocycles. The summed E-state index contributed by atoms with van der Waals surface area (Å²) in [5, 5.41) is 9.51. The Bertz CT molecular complexity index is 584. The molecule has 0 aliphatic rings. The van der Waals surface area contributed by atoms with E-state index in [0.717, 1.165) is 5.69 Å². The summed E-state index contributed by atoms with van der Waals surface area (Å²) < 4.78 is 1.71. The van der Waals surface area contributed by atoms with E-state index in [-0.39, 0.29) is 17.7 Å². The maximum absolute atomic E-state index is 12.6. The van der Waals surface area contributed by atoms with E-state index in [1.807, 2.05) is 44.2 Å². The number of anilines is 1. The first-order valence-corrected chi connectivity index (χ1v) is 6.69. The predicted molar refractivity (Wildman–Crippen MR) is 77.5 cm³/mol. The number of carbonyl (C=O) groups excluding carboxylic acids is 1. The average molecular weight is 271 g/mol. The van der Waals surface area contributed by atoms with E-state index in [4.69, 9.17) is 0 Å². The van der Waals surface area contributed by atoms with Crippen molar-refractivity contribution in [2.24, 2.45) is 0 Å². The first-order valence-electron chi connectivity index (χ1n) is 6.69. The minimum Gasteiger partial charge on any atom is -0.503 e. The summed E-state index contributed by atoms with van der Waals surface area (Å²) in [6.45, 7) is 4.38. The summed E-state index contributed by atoms with van der Waals surface area (Å²) >= 11 is 0. The lowest BCUT2D eigenvalue weighted by Gasteiger charge is -2.22. The summed E-state index contributed by atoms with van der Waals surface area (Å²) in [6.07, 6.45) is 3.34. The Balaban J connectivity index is 2.25. The van der Waals surface area contributed by atoms with Crippen molar-refractivity contribution in [2.75, 3.05) is 11.4 Å². The highest BCUT2D eigenvalue weighted by atomic mass is 16.3. The molecule has 1 aromatic heterocycles. The summed E-state index contributed by atoms with van der Waals surface area (Å²) in [7, 11) is 0. The molecular formula is C16H19N2O2+. The molecule has 0 bridgehead atoms. The molecule has 2 aromatic rings. The molecule has 20 heavy (non-hydrogen) atoms. The van der Waals surface area contributed by atoms with E-state index in [1.54, 1.807) is 34.0 Å². The van der Waals surface area contributed by atoms with Crippen molar-refractivity contribution in [1.29, 1.82) is 0 Å². The normalized spacial score (nSPS) is 11.9. The molecule has 0 fully saturated rings. The van der Waals surface area contributed by atoms with E-state index in [1.165, 1.54) is 0 Å². The van der Waals surface area contributed by atoms with Gasteiger partial charge in [0.1, 0.15) is 0 Å². The van der Waals surface area contributed by atoms with Gasteiger partial charge in [-0.3, -0.25) is 4.79 Å². The molecule has 1 atom stereocenters. The number of benzene rings is 1. The van der Waals surface area contributed by atoms with Crippen LogP contribution in [0.2, 0.25) is 0 Å². The van der Waals surface area contributed by atoms with Crippen molar-refractivity contribution in [3.05, 3.63) is 54.9 Å². The number of hydrogen-bond donors (Lipinski definition) is 1. The van der Waals surface area contributed by atoms with Gasteiger partial charge in [0.15, 0.2) is 11.9 Å². The maximum atomic E-state index is 12.6. The second kappa shape index (κ2) is 6.19. The van der Waals surface area contributed by atoms with E-state index in [0.29, 0.717) is 6.54 Å². The second-order valence-corrected chi connectivity index (χ2v) is 4.60. The molecule has 0 saturated carbocycles. The fourth-order valence-electron chi connectivity index (χ4n) is 2.15. The van der Waals surface area contributed by atoms with Crippen LogP contribution in [0.4, 0.5) is 5.69 Å². The Morgan fingerprint density at radius 1 is 1.25 bits per heavy atom. The minimum absolute atomic E-state index is 0.00528. The second-order valence-electron chi connectivity index (χ2n) is 4.60. The summed E-state index contributed by atoms with van der Waals surface area (Å²) in [4.78, 5) is 14.3. The van der Waals surface area contributed by atoms with Crippen LogP contribution in [-0.4, -0.2) is 17.6 Å². The Labute approximate surface area is 118 Å². The van der Waals surface area contributed by atoms with Crippen molar-refractivity contribution in [1.82, 2.24) is 0 Å². The number of pyridine rings is 1. The Morgan fingerprint density at radius 3 is 2.55 bits per heavy atom. The zero-order chi connectivity index (χ0) is 14.5. The maximum Gasteiger partial charge on any atom is 0.295 e. The van der Waals surface area contributed by atoms with E-state index >= 15 is 0 Å². The zero-order valence-corrected chi connectivity index (χ0v) is 11.7. The van der Waals surface area contributed by atoms with Crippen LogP contribution in [0, 0.1) is 0 Å². The smallest absolute Gasteiger partial charge is 0.295 e. The molecule has 0 saturated heterocycles. The number of nitrogens with zero attached hydrogens (tertiary/aromatic N) is 2. The standard InChI is InChI=1S/C16H18N2O2/c1-3-18(14-8-5-4-6-9-14)16(20)13(2)17-11-7-10-15(19)12-17/h4-13H,3H2,1-2H3/p+1/t13-/m0/s1. The third kappa shape index (κ3) is 2.96. The van der Waals surface area contributed by atoms with Gasteiger partial charge >= 0.3 is 0 Å². The monoisotopic (exact) mass is 271 g/mol. The zero-order valence-electron chi connectivity index (χ0n) is 11.7. The van der Waals surface area contributed by atoms with Gasteiger partial charge in [-0.05, 0) is 25.1 Å². The molecule has 1 N–H and O–H groups in total. The number of hydrogen-bond acceptors (Lipinski definition) is 2. The van der Waals surface area contributed by atoms with Gasteiger partial charge in [-0.15, -0.1) is 0 Å². The predicted octanol–water partition coefficient (Wildman–Crippen LogP) is 2.29. The van der Waals surface area contributed by atoms with Crippen LogP contribution >= 0.6 is 0 Å². The topological polar surface area (TPSA) is 44.4 Å². The number of carbonyl (C=O) groups is 1. The van der Waals surface area contributed by atoms with E-state index in [2.05, 4.69) is 0 Å². The van der Waals surface area contributed by atoms with Crippen molar-refractivity contribution in [3.8, 4) is 5.75 Å². The Kier molecular flexibility index (Phi) is 4.35. The molecule has 104 valence electrons. The fourth-order valence-corrected chi connectivity index (χ4v) is 2.15. The highest BCUT2D eigenvalue weighted by Gasteiger charge is 2.27. The van der Waals surface area contributed by atoms with E-state index < -0.39 is 0 Å². The average Bonchev–Trinajstić information content (AvgIpc) is 2.48. The lowest BCUT2D eigenvalue weighted by Crippen LogP contribution is -2.48. The van der Waals surface area contributed by atoms with Gasteiger partial charge in [0, 0.05) is 25.2 Å². The lowest BCUT2D eigenvalue weighted by molar-refractivity contribution is -0.706. The van der Waals surface area contributed by atoms with Gasteiger partial charge in [-0.25, -0.2) is 0 Å². The highest BCUT2D eigenvalue weighted by Crippen LogP contribution is 2.16. The molecule has 4 heteroatoms. The minimum atomic E-state index is -0.373. The van der Waals surface area contributed by atoms with Gasteiger partial charge < -0.3 is 10.0 Å². The molecule has 2 rings (SSSR count). The number of rotatable bonds is 4. The van der Waals surface area contributed by atoms with Crippen molar-refractivity contribution in [2.45, 2.75) is 19.9 Å². The van der Waals surface area contributed by atoms with Gasteiger partial charge in [-0.1, -0.05) is 18.2 Å². The number of aromatic nitrogens is 1. The molecule has 4 nitrogen and oxygen atoms in total. The fraction of sp³-hybridized carbons (Fsp3) is 0.250. The first kappa shape index (κ1) is 14.1. The number of likely N-dealkylation sites (N-methyl/N-ethyl adjacent to an activating group) is 1. The largest absolute Gasteiger partial charge is 0.503 e. The summed E-state index contributed by atoms with van der Waals surface area (Å²) in [5.74, 6) is 0.143. The van der Waals surface area contributed by atoms with Crippen LogP contribution < -0.4 is 9.47 Å².